The number of hydrogen-bond donors (Lipinski definition) is 0. The molecule has 2 rings (SSSR count). The monoisotopic (exact) mass is 316 g/mol. The molecule has 5 atom stereocenters. The van der Waals surface area contributed by atoms with Crippen LogP contribution in [0.5, 0.6) is 0 Å². The topological polar surface area (TPSA) is 80.3 Å². The predicted molar refractivity (Wildman–Crippen MR) is 60.3 cm³/mol. The number of carbonyl (C=O) groups excluding carboxylic acids is 1. The minimum absolute atomic E-state index is 0.723. The number of alkyl halides is 2. The van der Waals surface area contributed by atoms with Crippen molar-refractivity contribution in [2.45, 2.75) is 37.6 Å². The zero-order valence-electron chi connectivity index (χ0n) is 11.1. The highest BCUT2D eigenvalue weighted by atomic mass is 31.2. The molecule has 0 bridgehead atoms. The summed E-state index contributed by atoms with van der Waals surface area (Å²) in [5.74, 6) is -3.38. The number of hydrogen-bond acceptors (Lipinski definition) is 7. The lowest BCUT2D eigenvalue weighted by Crippen LogP contribution is -2.51. The van der Waals surface area contributed by atoms with Gasteiger partial charge in [0.15, 0.2) is 18.4 Å². The molecule has 0 aromatic rings. The van der Waals surface area contributed by atoms with Gasteiger partial charge in [-0.3, -0.25) is 13.6 Å². The third-order valence-electron chi connectivity index (χ3n) is 3.29. The highest BCUT2D eigenvalue weighted by Crippen LogP contribution is 2.61. The molecule has 0 spiro atoms. The van der Waals surface area contributed by atoms with Crippen molar-refractivity contribution in [3.05, 3.63) is 0 Å². The van der Waals surface area contributed by atoms with Crippen LogP contribution in [0, 0.1) is 0 Å². The molecule has 0 saturated carbocycles. The molecular formula is C10H15F2O7P. The average Bonchev–Trinajstić information content (AvgIpc) is 2.55. The molecular weight excluding hydrogens is 301 g/mol. The van der Waals surface area contributed by atoms with E-state index in [9.17, 15) is 18.1 Å². The van der Waals surface area contributed by atoms with Crippen molar-refractivity contribution in [1.82, 2.24) is 0 Å². The first-order valence-corrected chi connectivity index (χ1v) is 7.29. The Kier molecular flexibility index (Phi) is 3.94. The second kappa shape index (κ2) is 4.99. The number of carbonyl (C=O) groups is 1. The van der Waals surface area contributed by atoms with Gasteiger partial charge in [-0.2, -0.15) is 0 Å². The zero-order chi connectivity index (χ0) is 15.2. The van der Waals surface area contributed by atoms with Crippen LogP contribution in [0.25, 0.3) is 0 Å². The maximum Gasteiger partial charge on any atom is 0.476 e. The van der Waals surface area contributed by atoms with Crippen molar-refractivity contribution < 1.29 is 41.2 Å². The van der Waals surface area contributed by atoms with Crippen LogP contribution in [0.2, 0.25) is 0 Å². The van der Waals surface area contributed by atoms with E-state index in [1.165, 1.54) is 6.92 Å². The minimum atomic E-state index is -4.26. The summed E-state index contributed by atoms with van der Waals surface area (Å²) < 4.78 is 64.0. The summed E-state index contributed by atoms with van der Waals surface area (Å²) >= 11 is 0. The second-order valence-corrected chi connectivity index (χ2v) is 6.37. The number of halogens is 2. The summed E-state index contributed by atoms with van der Waals surface area (Å²) in [7, 11) is -3.16. The maximum absolute atomic E-state index is 14.4. The number of phosphoric acid groups is 1. The van der Waals surface area contributed by atoms with Crippen LogP contribution in [-0.2, 0) is 32.4 Å². The van der Waals surface area contributed by atoms with Gasteiger partial charge in [-0.25, -0.2) is 18.1 Å². The third-order valence-corrected chi connectivity index (χ3v) is 4.65. The Morgan fingerprint density at radius 2 is 2.15 bits per heavy atom. The van der Waals surface area contributed by atoms with E-state index in [2.05, 4.69) is 13.8 Å². The Balaban J connectivity index is 2.12. The summed E-state index contributed by atoms with van der Waals surface area (Å²) in [4.78, 5) is 10.9. The molecule has 0 aliphatic carbocycles. The molecule has 0 amide bonds. The van der Waals surface area contributed by atoms with Crippen LogP contribution in [0.4, 0.5) is 8.78 Å². The van der Waals surface area contributed by atoms with E-state index < -0.39 is 50.7 Å². The van der Waals surface area contributed by atoms with Crippen molar-refractivity contribution in [1.29, 1.82) is 0 Å². The lowest BCUT2D eigenvalue weighted by atomic mass is 9.95. The number of esters is 1. The molecule has 1 unspecified atom stereocenters. The summed E-state index contributed by atoms with van der Waals surface area (Å²) in [6, 6.07) is 0. The smallest absolute Gasteiger partial charge is 0.467 e. The molecule has 0 N–H and O–H groups in total. The van der Waals surface area contributed by atoms with Crippen molar-refractivity contribution in [2.24, 2.45) is 0 Å². The molecule has 10 heteroatoms. The lowest BCUT2D eigenvalue weighted by Gasteiger charge is -2.36. The fraction of sp³-hybridized carbons (Fsp3) is 0.900. The van der Waals surface area contributed by atoms with Crippen LogP contribution >= 0.6 is 7.82 Å². The standard InChI is InChI=1S/C10H15F2O7P/c1-6-9(2,11)8-10(12,18-6)5-17-20(14,19-8)16-4-7(13)15-3/h6,8H,4-5H2,1-3H3/t6-,8-,9-,10+,20?/m0/s1. The van der Waals surface area contributed by atoms with Crippen LogP contribution in [0.15, 0.2) is 0 Å². The van der Waals surface area contributed by atoms with Crippen LogP contribution in [0.3, 0.4) is 0 Å². The Labute approximate surface area is 114 Å². The second-order valence-electron chi connectivity index (χ2n) is 4.75. The molecule has 0 radical (unpaired) electrons. The van der Waals surface area contributed by atoms with Crippen molar-refractivity contribution in [3.8, 4) is 0 Å². The maximum atomic E-state index is 14.4. The molecule has 0 aromatic heterocycles. The summed E-state index contributed by atoms with van der Waals surface area (Å²) in [5, 5.41) is 0. The molecule has 7 nitrogen and oxygen atoms in total. The molecule has 2 aliphatic rings. The molecule has 20 heavy (non-hydrogen) atoms. The SMILES string of the molecule is COC(=O)COP1(=O)OC[C@@]2(F)O[C@@H](C)[C@](C)(F)[C@@H]2O1. The Hall–Kier alpha value is -0.600. The van der Waals surface area contributed by atoms with Gasteiger partial charge < -0.3 is 9.47 Å². The Bertz CT molecular complexity index is 457. The van der Waals surface area contributed by atoms with Gasteiger partial charge in [0.1, 0.15) is 6.61 Å². The first kappa shape index (κ1) is 15.8. The quantitative estimate of drug-likeness (QED) is 0.576. The fourth-order valence-corrected chi connectivity index (χ4v) is 3.40. The lowest BCUT2D eigenvalue weighted by molar-refractivity contribution is -0.210. The summed E-state index contributed by atoms with van der Waals surface area (Å²) in [6.45, 7) is 0.849. The average molecular weight is 316 g/mol. The first-order chi connectivity index (χ1) is 9.13. The van der Waals surface area contributed by atoms with Gasteiger partial charge in [-0.15, -0.1) is 0 Å². The largest absolute Gasteiger partial charge is 0.476 e. The van der Waals surface area contributed by atoms with Gasteiger partial charge in [-0.05, 0) is 13.8 Å². The van der Waals surface area contributed by atoms with Gasteiger partial charge in [0, 0.05) is 0 Å². The highest BCUT2D eigenvalue weighted by Gasteiger charge is 2.68. The van der Waals surface area contributed by atoms with Crippen molar-refractivity contribution >= 4 is 13.8 Å². The number of methoxy groups -OCH3 is 1. The molecule has 2 fully saturated rings. The van der Waals surface area contributed by atoms with Gasteiger partial charge in [0.25, 0.3) is 5.85 Å². The van der Waals surface area contributed by atoms with Crippen LogP contribution in [-0.4, -0.2) is 50.0 Å². The number of rotatable bonds is 3. The van der Waals surface area contributed by atoms with E-state index in [0.717, 1.165) is 14.0 Å². The van der Waals surface area contributed by atoms with E-state index in [1.54, 1.807) is 0 Å². The zero-order valence-corrected chi connectivity index (χ0v) is 12.0. The number of phosphoric ester groups is 1. The van der Waals surface area contributed by atoms with Crippen molar-refractivity contribution in [3.63, 3.8) is 0 Å². The number of fused-ring (bicyclic) bond motifs is 1. The van der Waals surface area contributed by atoms with E-state index in [4.69, 9.17) is 9.26 Å². The van der Waals surface area contributed by atoms with E-state index >= 15 is 0 Å². The fourth-order valence-electron chi connectivity index (χ4n) is 1.98. The minimum Gasteiger partial charge on any atom is -0.467 e. The van der Waals surface area contributed by atoms with Crippen LogP contribution < -0.4 is 0 Å². The molecule has 116 valence electrons. The highest BCUT2D eigenvalue weighted by molar-refractivity contribution is 7.48. The first-order valence-electron chi connectivity index (χ1n) is 5.83. The normalized spacial score (nSPS) is 47.9. The molecule has 2 heterocycles. The predicted octanol–water partition coefficient (Wildman–Crippen LogP) is 1.51. The third kappa shape index (κ3) is 2.60. The van der Waals surface area contributed by atoms with E-state index in [-0.39, 0.29) is 0 Å². The van der Waals surface area contributed by atoms with Crippen molar-refractivity contribution in [2.75, 3.05) is 20.3 Å². The molecule has 0 aromatic carbocycles. The summed E-state index contributed by atoms with van der Waals surface area (Å²) in [5.41, 5.74) is -2.22. The Morgan fingerprint density at radius 1 is 1.50 bits per heavy atom. The molecule has 2 saturated heterocycles. The van der Waals surface area contributed by atoms with E-state index in [1.807, 2.05) is 0 Å². The van der Waals surface area contributed by atoms with Gasteiger partial charge in [0.2, 0.25) is 0 Å². The summed E-state index contributed by atoms with van der Waals surface area (Å²) in [6.07, 6.45) is -2.89. The molecule has 2 aliphatic heterocycles. The number of ether oxygens (including phenoxy) is 2. The van der Waals surface area contributed by atoms with Crippen LogP contribution in [0.1, 0.15) is 13.8 Å². The van der Waals surface area contributed by atoms with Gasteiger partial charge in [-0.1, -0.05) is 0 Å². The van der Waals surface area contributed by atoms with E-state index in [0.29, 0.717) is 0 Å². The Morgan fingerprint density at radius 3 is 2.75 bits per heavy atom. The van der Waals surface area contributed by atoms with Gasteiger partial charge in [0.05, 0.1) is 13.2 Å². The van der Waals surface area contributed by atoms with Gasteiger partial charge >= 0.3 is 13.8 Å².